The quantitative estimate of drug-likeness (QED) is 0.655. The van der Waals surface area contributed by atoms with Crippen LogP contribution in [0.25, 0.3) is 0 Å². The summed E-state index contributed by atoms with van der Waals surface area (Å²) in [5.41, 5.74) is 0.453. The van der Waals surface area contributed by atoms with Crippen molar-refractivity contribution in [1.29, 1.82) is 0 Å². The summed E-state index contributed by atoms with van der Waals surface area (Å²) < 4.78 is 0. The molecule has 0 aromatic carbocycles. The lowest BCUT2D eigenvalue weighted by Gasteiger charge is -2.41. The third-order valence-electron chi connectivity index (χ3n) is 2.36. The zero-order valence-corrected chi connectivity index (χ0v) is 8.33. The molecule has 1 aliphatic rings. The SMILES string of the molecule is CC.CNCC1(NC)CCC1.[HH]. The normalized spacial score (nSPS) is 19.6. The standard InChI is InChI=1S/C7H16N2.C2H6.H2/c1-8-6-7(9-2)4-3-5-7;1-2;/h8-9H,3-6H2,1-2H3;1-2H3;1H. The van der Waals surface area contributed by atoms with Gasteiger partial charge >= 0.3 is 0 Å². The zero-order valence-electron chi connectivity index (χ0n) is 8.33. The van der Waals surface area contributed by atoms with Gasteiger partial charge in [0.2, 0.25) is 0 Å². The van der Waals surface area contributed by atoms with Gasteiger partial charge < -0.3 is 10.6 Å². The van der Waals surface area contributed by atoms with E-state index in [4.69, 9.17) is 0 Å². The van der Waals surface area contributed by atoms with E-state index in [-0.39, 0.29) is 1.43 Å². The first kappa shape index (κ1) is 10.9. The van der Waals surface area contributed by atoms with Crippen LogP contribution in [0.4, 0.5) is 0 Å². The van der Waals surface area contributed by atoms with Gasteiger partial charge in [-0.05, 0) is 33.4 Å². The maximum Gasteiger partial charge on any atom is 0.0303 e. The van der Waals surface area contributed by atoms with Crippen LogP contribution in [0.15, 0.2) is 0 Å². The van der Waals surface area contributed by atoms with Crippen LogP contribution >= 0.6 is 0 Å². The lowest BCUT2D eigenvalue weighted by atomic mass is 9.77. The van der Waals surface area contributed by atoms with E-state index in [1.807, 2.05) is 20.9 Å². The maximum absolute atomic E-state index is 3.35. The van der Waals surface area contributed by atoms with Crippen LogP contribution in [0.3, 0.4) is 0 Å². The Balaban J connectivity index is 0. The highest BCUT2D eigenvalue weighted by molar-refractivity contribution is 4.96. The van der Waals surface area contributed by atoms with Crippen LogP contribution < -0.4 is 10.6 Å². The van der Waals surface area contributed by atoms with Gasteiger partial charge in [-0.2, -0.15) is 0 Å². The summed E-state index contributed by atoms with van der Waals surface area (Å²) in [7, 11) is 4.06. The highest BCUT2D eigenvalue weighted by Gasteiger charge is 2.33. The first-order valence-corrected chi connectivity index (χ1v) is 4.66. The van der Waals surface area contributed by atoms with E-state index < -0.39 is 0 Å². The molecule has 0 bridgehead atoms. The second kappa shape index (κ2) is 5.56. The lowest BCUT2D eigenvalue weighted by molar-refractivity contribution is 0.196. The first-order valence-electron chi connectivity index (χ1n) is 4.66. The molecule has 11 heavy (non-hydrogen) atoms. The molecule has 0 atom stereocenters. The minimum absolute atomic E-state index is 0. The lowest BCUT2D eigenvalue weighted by Crippen LogP contribution is -2.55. The largest absolute Gasteiger partial charge is 0.318 e. The molecule has 2 N–H and O–H groups in total. The van der Waals surface area contributed by atoms with E-state index in [0.717, 1.165) is 6.54 Å². The molecule has 0 amide bonds. The minimum Gasteiger partial charge on any atom is -0.318 e. The molecule has 0 heterocycles. The molecule has 0 spiro atoms. The Hall–Kier alpha value is -0.0800. The molecule has 1 aliphatic carbocycles. The van der Waals surface area contributed by atoms with Gasteiger partial charge in [-0.25, -0.2) is 0 Å². The predicted octanol–water partition coefficient (Wildman–Crippen LogP) is 1.62. The summed E-state index contributed by atoms with van der Waals surface area (Å²) in [5, 5.41) is 6.55. The fourth-order valence-electron chi connectivity index (χ4n) is 1.46. The minimum atomic E-state index is 0. The monoisotopic (exact) mass is 160 g/mol. The molecule has 0 saturated heterocycles. The number of likely N-dealkylation sites (N-methyl/N-ethyl adjacent to an activating group) is 2. The second-order valence-corrected chi connectivity index (χ2v) is 2.91. The van der Waals surface area contributed by atoms with Crippen molar-refractivity contribution in [2.75, 3.05) is 20.6 Å². The van der Waals surface area contributed by atoms with E-state index in [2.05, 4.69) is 17.7 Å². The molecule has 0 radical (unpaired) electrons. The molecule has 2 heteroatoms. The number of hydrogen-bond donors (Lipinski definition) is 2. The van der Waals surface area contributed by atoms with Crippen molar-refractivity contribution >= 4 is 0 Å². The Morgan fingerprint density at radius 2 is 1.82 bits per heavy atom. The van der Waals surface area contributed by atoms with Crippen LogP contribution in [0.5, 0.6) is 0 Å². The van der Waals surface area contributed by atoms with Crippen molar-refractivity contribution in [3.8, 4) is 0 Å². The van der Waals surface area contributed by atoms with E-state index in [0.29, 0.717) is 5.54 Å². The molecular weight excluding hydrogens is 136 g/mol. The fraction of sp³-hybridized carbons (Fsp3) is 1.00. The predicted molar refractivity (Wildman–Crippen MR) is 53.0 cm³/mol. The first-order chi connectivity index (χ1) is 5.33. The van der Waals surface area contributed by atoms with Crippen LogP contribution in [-0.2, 0) is 0 Å². The van der Waals surface area contributed by atoms with Crippen LogP contribution in [0.2, 0.25) is 0 Å². The number of nitrogens with one attached hydrogen (secondary N) is 2. The topological polar surface area (TPSA) is 24.1 Å². The van der Waals surface area contributed by atoms with E-state index in [9.17, 15) is 0 Å². The van der Waals surface area contributed by atoms with Crippen molar-refractivity contribution in [1.82, 2.24) is 10.6 Å². The average molecular weight is 160 g/mol. The molecule has 1 rings (SSSR count). The summed E-state index contributed by atoms with van der Waals surface area (Å²) in [6.07, 6.45) is 4.07. The summed E-state index contributed by atoms with van der Waals surface area (Å²) in [5.74, 6) is 0. The molecule has 70 valence electrons. The number of rotatable bonds is 3. The Kier molecular flexibility index (Phi) is 5.51. The maximum atomic E-state index is 3.35. The zero-order chi connectivity index (χ0) is 8.74. The van der Waals surface area contributed by atoms with Crippen LogP contribution in [-0.4, -0.2) is 26.2 Å². The molecule has 2 nitrogen and oxygen atoms in total. The van der Waals surface area contributed by atoms with Gasteiger partial charge in [0, 0.05) is 13.5 Å². The molecular formula is C9H24N2. The third kappa shape index (κ3) is 2.80. The molecule has 0 unspecified atom stereocenters. The van der Waals surface area contributed by atoms with E-state index in [1.54, 1.807) is 0 Å². The average Bonchev–Trinajstić information content (AvgIpc) is 2.01. The van der Waals surface area contributed by atoms with Gasteiger partial charge in [-0.1, -0.05) is 13.8 Å². The van der Waals surface area contributed by atoms with Gasteiger partial charge in [-0.15, -0.1) is 0 Å². The van der Waals surface area contributed by atoms with Gasteiger partial charge in [0.05, 0.1) is 0 Å². The Morgan fingerprint density at radius 3 is 1.91 bits per heavy atom. The van der Waals surface area contributed by atoms with Gasteiger partial charge in [0.1, 0.15) is 0 Å². The third-order valence-corrected chi connectivity index (χ3v) is 2.36. The van der Waals surface area contributed by atoms with Crippen LogP contribution in [0.1, 0.15) is 34.5 Å². The van der Waals surface area contributed by atoms with Crippen molar-refractivity contribution < 1.29 is 1.43 Å². The molecule has 1 fully saturated rings. The van der Waals surface area contributed by atoms with Crippen molar-refractivity contribution in [3.63, 3.8) is 0 Å². The van der Waals surface area contributed by atoms with E-state index >= 15 is 0 Å². The fourth-order valence-corrected chi connectivity index (χ4v) is 1.46. The smallest absolute Gasteiger partial charge is 0.0303 e. The Bertz CT molecular complexity index is 87.0. The van der Waals surface area contributed by atoms with Crippen molar-refractivity contribution in [3.05, 3.63) is 0 Å². The summed E-state index contributed by atoms with van der Waals surface area (Å²) in [6.45, 7) is 5.11. The highest BCUT2D eigenvalue weighted by Crippen LogP contribution is 2.30. The Morgan fingerprint density at radius 1 is 1.27 bits per heavy atom. The molecule has 0 aliphatic heterocycles. The van der Waals surface area contributed by atoms with Crippen molar-refractivity contribution in [2.24, 2.45) is 0 Å². The second-order valence-electron chi connectivity index (χ2n) is 2.91. The molecule has 0 aromatic heterocycles. The molecule has 0 aromatic rings. The van der Waals surface area contributed by atoms with Gasteiger partial charge in [-0.3, -0.25) is 0 Å². The summed E-state index contributed by atoms with van der Waals surface area (Å²) in [6, 6.07) is 0. The van der Waals surface area contributed by atoms with E-state index in [1.165, 1.54) is 19.3 Å². The van der Waals surface area contributed by atoms with Crippen molar-refractivity contribution in [2.45, 2.75) is 38.6 Å². The highest BCUT2D eigenvalue weighted by atomic mass is 15.0. The van der Waals surface area contributed by atoms with Gasteiger partial charge in [0.15, 0.2) is 0 Å². The van der Waals surface area contributed by atoms with Gasteiger partial charge in [0.25, 0.3) is 0 Å². The summed E-state index contributed by atoms with van der Waals surface area (Å²) in [4.78, 5) is 0. The Labute approximate surface area is 72.2 Å². The van der Waals surface area contributed by atoms with Crippen LogP contribution in [0, 0.1) is 0 Å². The summed E-state index contributed by atoms with van der Waals surface area (Å²) >= 11 is 0. The molecule has 1 saturated carbocycles. The number of hydrogen-bond acceptors (Lipinski definition) is 2.